The van der Waals surface area contributed by atoms with Crippen LogP contribution in [0.4, 0.5) is 0 Å². The monoisotopic (exact) mass is 477 g/mol. The minimum absolute atomic E-state index is 0.212. The normalized spacial score (nSPS) is 14.3. The molecule has 11 heteroatoms. The lowest BCUT2D eigenvalue weighted by atomic mass is 9.97. The second-order valence-electron chi connectivity index (χ2n) is 7.96. The van der Waals surface area contributed by atoms with E-state index in [0.29, 0.717) is 31.7 Å². The summed E-state index contributed by atoms with van der Waals surface area (Å²) in [6.45, 7) is 2.27. The van der Waals surface area contributed by atoms with E-state index in [1.54, 1.807) is 6.92 Å². The summed E-state index contributed by atoms with van der Waals surface area (Å²) in [4.78, 5) is 40.2. The van der Waals surface area contributed by atoms with E-state index in [4.69, 9.17) is 11.5 Å². The van der Waals surface area contributed by atoms with Gasteiger partial charge in [0.05, 0.1) is 24.5 Å². The third-order valence-electron chi connectivity index (χ3n) is 5.40. The molecule has 33 heavy (non-hydrogen) atoms. The summed E-state index contributed by atoms with van der Waals surface area (Å²) >= 11 is 4.07. The summed E-state index contributed by atoms with van der Waals surface area (Å²) in [5.41, 5.74) is 18.7. The third kappa shape index (κ3) is 8.97. The third-order valence-corrected chi connectivity index (χ3v) is 5.58. The number of nitrogens with one attached hydrogen (secondary N) is 5. The summed E-state index contributed by atoms with van der Waals surface area (Å²) in [7, 11) is 0. The van der Waals surface area contributed by atoms with Crippen molar-refractivity contribution in [3.05, 3.63) is 36.0 Å². The molecular weight excluding hydrogens is 442 g/mol. The number of benzene rings is 1. The number of H-pyrrole nitrogens is 1. The molecule has 9 N–H and O–H groups in total. The number of thiol groups is 1. The Bertz CT molecular complexity index is 905. The summed E-state index contributed by atoms with van der Waals surface area (Å²) in [6, 6.07) is 6.11. The molecule has 0 aliphatic heterocycles. The number of hydrazine groups is 1. The van der Waals surface area contributed by atoms with Gasteiger partial charge in [0.2, 0.25) is 0 Å². The van der Waals surface area contributed by atoms with Crippen LogP contribution in [0.3, 0.4) is 0 Å². The summed E-state index contributed by atoms with van der Waals surface area (Å²) < 4.78 is 0. The number of hydrogen-bond acceptors (Lipinski definition) is 10. The Morgan fingerprint density at radius 1 is 1.15 bits per heavy atom. The Morgan fingerprint density at radius 2 is 1.91 bits per heavy atom. The summed E-state index contributed by atoms with van der Waals surface area (Å²) in [6.07, 6.45) is 3.34. The first-order valence-corrected chi connectivity index (χ1v) is 11.6. The van der Waals surface area contributed by atoms with Crippen molar-refractivity contribution in [3.63, 3.8) is 0 Å². The van der Waals surface area contributed by atoms with Gasteiger partial charge in [0.25, 0.3) is 0 Å². The highest BCUT2D eigenvalue weighted by Crippen LogP contribution is 2.19. The standard InChI is InChI=1S/C22H35N7O3S/c1-14(27-13-33)20(31)10-21(32)19(9-15-11-26-18-7-3-2-6-17(15)18)29-28-16(12-30)5-4-8-25-22(23)24/h2-3,6-7,11-12,14,16,19,22,25-29,33H,4-5,8-10,13,23-24H2,1H3/t14-,16-,19-/m0/s1. The van der Waals surface area contributed by atoms with E-state index in [-0.39, 0.29) is 18.0 Å². The molecule has 0 spiro atoms. The van der Waals surface area contributed by atoms with Gasteiger partial charge in [0, 0.05) is 23.0 Å². The van der Waals surface area contributed by atoms with E-state index in [0.717, 1.165) is 22.8 Å². The predicted octanol–water partition coefficient (Wildman–Crippen LogP) is -0.295. The van der Waals surface area contributed by atoms with Crippen molar-refractivity contribution in [1.82, 2.24) is 26.5 Å². The topological polar surface area (TPSA) is 167 Å². The average Bonchev–Trinajstić information content (AvgIpc) is 3.20. The van der Waals surface area contributed by atoms with E-state index in [9.17, 15) is 14.4 Å². The Morgan fingerprint density at radius 3 is 2.61 bits per heavy atom. The van der Waals surface area contributed by atoms with Crippen LogP contribution in [0.25, 0.3) is 10.9 Å². The number of hydrogen-bond donors (Lipinski definition) is 8. The molecule has 2 aromatic rings. The fraction of sp³-hybridized carbons (Fsp3) is 0.500. The van der Waals surface area contributed by atoms with Crippen molar-refractivity contribution >= 4 is 41.4 Å². The van der Waals surface area contributed by atoms with Crippen molar-refractivity contribution in [2.24, 2.45) is 11.5 Å². The highest BCUT2D eigenvalue weighted by Gasteiger charge is 2.25. The molecule has 0 bridgehead atoms. The number of fused-ring (bicyclic) bond motifs is 1. The lowest BCUT2D eigenvalue weighted by Crippen LogP contribution is -2.52. The molecule has 0 saturated carbocycles. The second-order valence-corrected chi connectivity index (χ2v) is 8.28. The van der Waals surface area contributed by atoms with E-state index >= 15 is 0 Å². The second kappa shape index (κ2) is 14.2. The maximum Gasteiger partial charge on any atom is 0.158 e. The highest BCUT2D eigenvalue weighted by molar-refractivity contribution is 7.80. The van der Waals surface area contributed by atoms with E-state index in [2.05, 4.69) is 39.1 Å². The summed E-state index contributed by atoms with van der Waals surface area (Å²) in [5.74, 6) is -0.133. The molecule has 1 heterocycles. The van der Waals surface area contributed by atoms with Gasteiger partial charge in [-0.1, -0.05) is 18.2 Å². The van der Waals surface area contributed by atoms with Crippen LogP contribution in [-0.4, -0.2) is 59.7 Å². The Kier molecular flexibility index (Phi) is 11.7. The number of Topliss-reactive ketones (excluding diaryl/α,β-unsaturated/α-hetero) is 2. The molecule has 10 nitrogen and oxygen atoms in total. The van der Waals surface area contributed by atoms with Crippen LogP contribution in [-0.2, 0) is 20.8 Å². The van der Waals surface area contributed by atoms with Gasteiger partial charge >= 0.3 is 0 Å². The number of aromatic amines is 1. The molecule has 0 unspecified atom stereocenters. The van der Waals surface area contributed by atoms with Crippen LogP contribution >= 0.6 is 12.6 Å². The van der Waals surface area contributed by atoms with Crippen molar-refractivity contribution in [1.29, 1.82) is 0 Å². The quantitative estimate of drug-likeness (QED) is 0.0381. The van der Waals surface area contributed by atoms with Crippen LogP contribution in [0.15, 0.2) is 30.5 Å². The molecule has 0 aliphatic carbocycles. The molecule has 0 aliphatic rings. The zero-order valence-corrected chi connectivity index (χ0v) is 19.7. The number of aldehydes is 1. The highest BCUT2D eigenvalue weighted by atomic mass is 32.1. The van der Waals surface area contributed by atoms with Crippen LogP contribution in [0.5, 0.6) is 0 Å². The van der Waals surface area contributed by atoms with Gasteiger partial charge in [-0.15, -0.1) is 0 Å². The van der Waals surface area contributed by atoms with E-state index in [1.807, 2.05) is 30.5 Å². The Hall–Kier alpha value is -2.12. The maximum absolute atomic E-state index is 13.1. The number of nitrogens with two attached hydrogens (primary N) is 2. The number of aromatic nitrogens is 1. The fourth-order valence-electron chi connectivity index (χ4n) is 3.44. The first-order chi connectivity index (χ1) is 15.8. The Labute approximate surface area is 199 Å². The minimum atomic E-state index is -0.700. The van der Waals surface area contributed by atoms with Crippen molar-refractivity contribution < 1.29 is 14.4 Å². The first-order valence-electron chi connectivity index (χ1n) is 11.0. The first kappa shape index (κ1) is 27.1. The van der Waals surface area contributed by atoms with Gasteiger partial charge in [0.15, 0.2) is 11.6 Å². The van der Waals surface area contributed by atoms with E-state index < -0.39 is 24.4 Å². The average molecular weight is 478 g/mol. The SMILES string of the molecule is C[C@H](NCS)C(=O)CC(=O)[C@H](Cc1c[nH]c2ccccc12)NN[C@H](C=O)CCCNC(N)N. The predicted molar refractivity (Wildman–Crippen MR) is 132 cm³/mol. The fourth-order valence-corrected chi connectivity index (χ4v) is 3.71. The molecule has 0 amide bonds. The molecule has 0 radical (unpaired) electrons. The summed E-state index contributed by atoms with van der Waals surface area (Å²) in [5, 5.41) is 6.79. The van der Waals surface area contributed by atoms with Gasteiger partial charge in [-0.05, 0) is 44.4 Å². The molecule has 2 rings (SSSR count). The number of ketones is 2. The van der Waals surface area contributed by atoms with Crippen LogP contribution in [0.1, 0.15) is 31.7 Å². The van der Waals surface area contributed by atoms with Crippen LogP contribution in [0.2, 0.25) is 0 Å². The zero-order chi connectivity index (χ0) is 24.2. The zero-order valence-electron chi connectivity index (χ0n) is 18.8. The van der Waals surface area contributed by atoms with Gasteiger partial charge in [-0.25, -0.2) is 10.9 Å². The molecule has 1 aromatic heterocycles. The van der Waals surface area contributed by atoms with Gasteiger partial charge in [-0.3, -0.25) is 20.2 Å². The largest absolute Gasteiger partial charge is 0.361 e. The molecule has 182 valence electrons. The van der Waals surface area contributed by atoms with Gasteiger partial charge in [0.1, 0.15) is 12.6 Å². The van der Waals surface area contributed by atoms with Crippen molar-refractivity contribution in [3.8, 4) is 0 Å². The molecule has 3 atom stereocenters. The number of carbonyl (C=O) groups excluding carboxylic acids is 3. The molecule has 0 fully saturated rings. The molecule has 1 aromatic carbocycles. The maximum atomic E-state index is 13.1. The molecule has 0 saturated heterocycles. The lowest BCUT2D eigenvalue weighted by Gasteiger charge is -2.22. The number of carbonyl (C=O) groups is 3. The molecular formula is C22H35N7O3S. The van der Waals surface area contributed by atoms with Gasteiger partial charge < -0.3 is 21.2 Å². The minimum Gasteiger partial charge on any atom is -0.361 e. The van der Waals surface area contributed by atoms with E-state index in [1.165, 1.54) is 0 Å². The van der Waals surface area contributed by atoms with Crippen LogP contribution < -0.4 is 33.0 Å². The van der Waals surface area contributed by atoms with Crippen molar-refractivity contribution in [2.75, 3.05) is 12.4 Å². The number of rotatable bonds is 17. The smallest absolute Gasteiger partial charge is 0.158 e. The van der Waals surface area contributed by atoms with Gasteiger partial charge in [-0.2, -0.15) is 12.6 Å². The number of para-hydroxylation sites is 1. The van der Waals surface area contributed by atoms with Crippen LogP contribution in [0, 0.1) is 0 Å². The lowest BCUT2D eigenvalue weighted by molar-refractivity contribution is -0.129. The van der Waals surface area contributed by atoms with Crippen molar-refractivity contribution in [2.45, 2.75) is 57.0 Å². The Balaban J connectivity index is 2.06.